The molecule has 4 aromatic heterocycles. The number of rotatable bonds is 4. The minimum absolute atomic E-state index is 0.0742. The van der Waals surface area contributed by atoms with Crippen molar-refractivity contribution in [2.45, 2.75) is 13.0 Å². The smallest absolute Gasteiger partial charge is 0.162 e. The Balaban J connectivity index is 1.60. The van der Waals surface area contributed by atoms with Gasteiger partial charge in [-0.05, 0) is 30.5 Å². The number of aromatic nitrogens is 6. The SMILES string of the molecule is C[C@H](Nc1ncnc2[nH]cnc12)c1cc2ccccc2c(-c2cccnc2)n1. The highest BCUT2D eigenvalue weighted by molar-refractivity contribution is 5.94. The molecule has 5 aromatic rings. The summed E-state index contributed by atoms with van der Waals surface area (Å²) in [7, 11) is 0. The van der Waals surface area contributed by atoms with Crippen LogP contribution in [0, 0.1) is 0 Å². The summed E-state index contributed by atoms with van der Waals surface area (Å²) in [5, 5.41) is 5.65. The molecule has 0 saturated heterocycles. The van der Waals surface area contributed by atoms with E-state index in [1.165, 1.54) is 6.33 Å². The zero-order valence-corrected chi connectivity index (χ0v) is 15.2. The van der Waals surface area contributed by atoms with Crippen LogP contribution in [-0.4, -0.2) is 29.9 Å². The number of imidazole rings is 1. The van der Waals surface area contributed by atoms with Crippen LogP contribution in [-0.2, 0) is 0 Å². The molecule has 28 heavy (non-hydrogen) atoms. The Bertz CT molecular complexity index is 1260. The van der Waals surface area contributed by atoms with Gasteiger partial charge in [0.05, 0.1) is 23.8 Å². The Morgan fingerprint density at radius 1 is 1.04 bits per heavy atom. The second-order valence-corrected chi connectivity index (χ2v) is 6.55. The van der Waals surface area contributed by atoms with Crippen LogP contribution >= 0.6 is 0 Å². The summed E-state index contributed by atoms with van der Waals surface area (Å²) in [5.41, 5.74) is 4.24. The van der Waals surface area contributed by atoms with E-state index in [9.17, 15) is 0 Å². The molecule has 1 atom stereocenters. The van der Waals surface area contributed by atoms with E-state index in [2.05, 4.69) is 55.4 Å². The number of H-pyrrole nitrogens is 1. The lowest BCUT2D eigenvalue weighted by molar-refractivity contribution is 0.837. The van der Waals surface area contributed by atoms with Crippen molar-refractivity contribution in [2.24, 2.45) is 0 Å². The van der Waals surface area contributed by atoms with Crippen molar-refractivity contribution in [1.82, 2.24) is 29.9 Å². The molecule has 0 fully saturated rings. The standard InChI is InChI=1S/C21H17N7/c1-13(27-21-19-20(24-11-23-19)25-12-26-21)17-9-14-5-2-3-7-16(14)18(28-17)15-6-4-8-22-10-15/h2-13H,1H3,(H2,23,24,25,26,27)/t13-/m0/s1. The zero-order valence-electron chi connectivity index (χ0n) is 15.2. The van der Waals surface area contributed by atoms with Crippen molar-refractivity contribution < 1.29 is 0 Å². The lowest BCUT2D eigenvalue weighted by atomic mass is 10.0. The maximum Gasteiger partial charge on any atom is 0.162 e. The summed E-state index contributed by atoms with van der Waals surface area (Å²) in [6, 6.07) is 14.2. The van der Waals surface area contributed by atoms with Gasteiger partial charge in [-0.3, -0.25) is 4.98 Å². The van der Waals surface area contributed by atoms with E-state index in [1.54, 1.807) is 12.5 Å². The van der Waals surface area contributed by atoms with E-state index in [1.807, 2.05) is 30.5 Å². The largest absolute Gasteiger partial charge is 0.360 e. The van der Waals surface area contributed by atoms with E-state index in [-0.39, 0.29) is 6.04 Å². The van der Waals surface area contributed by atoms with Crippen LogP contribution in [0.2, 0.25) is 0 Å². The van der Waals surface area contributed by atoms with Crippen molar-refractivity contribution in [3.63, 3.8) is 0 Å². The minimum Gasteiger partial charge on any atom is -0.360 e. The molecule has 0 bridgehead atoms. The maximum absolute atomic E-state index is 4.96. The first-order chi connectivity index (χ1) is 13.8. The molecule has 7 nitrogen and oxygen atoms in total. The Labute approximate surface area is 160 Å². The summed E-state index contributed by atoms with van der Waals surface area (Å²) in [4.78, 5) is 25.1. The van der Waals surface area contributed by atoms with Crippen LogP contribution in [0.3, 0.4) is 0 Å². The second kappa shape index (κ2) is 6.70. The van der Waals surface area contributed by atoms with Gasteiger partial charge in [0.1, 0.15) is 11.8 Å². The average molecular weight is 367 g/mol. The number of pyridine rings is 2. The van der Waals surface area contributed by atoms with Crippen LogP contribution in [0.4, 0.5) is 5.82 Å². The summed E-state index contributed by atoms with van der Waals surface area (Å²) in [6.07, 6.45) is 6.74. The normalized spacial score (nSPS) is 12.3. The van der Waals surface area contributed by atoms with Crippen LogP contribution in [0.1, 0.15) is 18.7 Å². The zero-order chi connectivity index (χ0) is 18.9. The van der Waals surface area contributed by atoms with E-state index >= 15 is 0 Å². The van der Waals surface area contributed by atoms with Crippen LogP contribution in [0.15, 0.2) is 67.5 Å². The quantitative estimate of drug-likeness (QED) is 0.496. The Hall–Kier alpha value is -3.87. The van der Waals surface area contributed by atoms with Gasteiger partial charge in [-0.2, -0.15) is 0 Å². The lowest BCUT2D eigenvalue weighted by Gasteiger charge is -2.17. The molecule has 0 unspecified atom stereocenters. The molecule has 7 heteroatoms. The molecule has 4 heterocycles. The average Bonchev–Trinajstić information content (AvgIpc) is 3.23. The Morgan fingerprint density at radius 2 is 1.96 bits per heavy atom. The molecule has 0 radical (unpaired) electrons. The molecular weight excluding hydrogens is 350 g/mol. The maximum atomic E-state index is 4.96. The monoisotopic (exact) mass is 367 g/mol. The molecule has 1 aromatic carbocycles. The lowest BCUT2D eigenvalue weighted by Crippen LogP contribution is -2.11. The third-order valence-electron chi connectivity index (χ3n) is 4.71. The molecule has 0 saturated carbocycles. The molecule has 0 amide bonds. The fraction of sp³-hybridized carbons (Fsp3) is 0.0952. The first kappa shape index (κ1) is 16.3. The van der Waals surface area contributed by atoms with Crippen LogP contribution < -0.4 is 5.32 Å². The van der Waals surface area contributed by atoms with Gasteiger partial charge >= 0.3 is 0 Å². The number of benzene rings is 1. The second-order valence-electron chi connectivity index (χ2n) is 6.55. The van der Waals surface area contributed by atoms with Gasteiger partial charge in [0.15, 0.2) is 11.5 Å². The first-order valence-corrected chi connectivity index (χ1v) is 9.00. The highest BCUT2D eigenvalue weighted by Gasteiger charge is 2.15. The van der Waals surface area contributed by atoms with Crippen molar-refractivity contribution in [1.29, 1.82) is 0 Å². The van der Waals surface area contributed by atoms with E-state index < -0.39 is 0 Å². The number of nitrogens with one attached hydrogen (secondary N) is 2. The van der Waals surface area contributed by atoms with E-state index in [0.717, 1.165) is 27.7 Å². The van der Waals surface area contributed by atoms with Gasteiger partial charge in [-0.15, -0.1) is 0 Å². The Morgan fingerprint density at radius 3 is 2.86 bits per heavy atom. The van der Waals surface area contributed by atoms with Crippen molar-refractivity contribution in [2.75, 3.05) is 5.32 Å². The van der Waals surface area contributed by atoms with Crippen molar-refractivity contribution in [3.05, 3.63) is 73.2 Å². The topological polar surface area (TPSA) is 92.3 Å². The third kappa shape index (κ3) is 2.83. The van der Waals surface area contributed by atoms with Gasteiger partial charge in [0.2, 0.25) is 0 Å². The van der Waals surface area contributed by atoms with Crippen molar-refractivity contribution >= 4 is 27.8 Å². The molecule has 2 N–H and O–H groups in total. The molecular formula is C21H17N7. The summed E-state index contributed by atoms with van der Waals surface area (Å²) in [6.45, 7) is 2.06. The van der Waals surface area contributed by atoms with E-state index in [4.69, 9.17) is 4.98 Å². The summed E-state index contributed by atoms with van der Waals surface area (Å²) >= 11 is 0. The highest BCUT2D eigenvalue weighted by atomic mass is 15.1. The van der Waals surface area contributed by atoms with Gasteiger partial charge in [-0.1, -0.05) is 24.3 Å². The summed E-state index contributed by atoms with van der Waals surface area (Å²) < 4.78 is 0. The van der Waals surface area contributed by atoms with Crippen LogP contribution in [0.5, 0.6) is 0 Å². The molecule has 5 rings (SSSR count). The first-order valence-electron chi connectivity index (χ1n) is 9.00. The molecule has 0 aliphatic heterocycles. The number of hydrogen-bond donors (Lipinski definition) is 2. The number of fused-ring (bicyclic) bond motifs is 2. The minimum atomic E-state index is -0.0742. The third-order valence-corrected chi connectivity index (χ3v) is 4.71. The van der Waals surface area contributed by atoms with Gasteiger partial charge in [0.25, 0.3) is 0 Å². The summed E-state index contributed by atoms with van der Waals surface area (Å²) in [5.74, 6) is 0.677. The van der Waals surface area contributed by atoms with Gasteiger partial charge in [0, 0.05) is 23.3 Å². The molecule has 0 spiro atoms. The predicted octanol–water partition coefficient (Wildman–Crippen LogP) is 4.14. The fourth-order valence-corrected chi connectivity index (χ4v) is 3.31. The van der Waals surface area contributed by atoms with Gasteiger partial charge in [-0.25, -0.2) is 19.9 Å². The van der Waals surface area contributed by atoms with Crippen LogP contribution in [0.25, 0.3) is 33.2 Å². The van der Waals surface area contributed by atoms with Gasteiger partial charge < -0.3 is 10.3 Å². The molecule has 0 aliphatic rings. The number of nitrogens with zero attached hydrogens (tertiary/aromatic N) is 5. The highest BCUT2D eigenvalue weighted by Crippen LogP contribution is 2.30. The molecule has 136 valence electrons. The van der Waals surface area contributed by atoms with Crippen molar-refractivity contribution in [3.8, 4) is 11.3 Å². The predicted molar refractivity (Wildman–Crippen MR) is 109 cm³/mol. The molecule has 0 aliphatic carbocycles. The fourth-order valence-electron chi connectivity index (χ4n) is 3.31. The van der Waals surface area contributed by atoms with E-state index in [0.29, 0.717) is 17.0 Å². The number of anilines is 1. The number of aromatic amines is 1. The Kier molecular flexibility index (Phi) is 3.90. The number of hydrogen-bond acceptors (Lipinski definition) is 6.